The number of benzene rings is 3. The fourth-order valence-corrected chi connectivity index (χ4v) is 4.39. The van der Waals surface area contributed by atoms with E-state index in [-0.39, 0.29) is 11.4 Å². The highest BCUT2D eigenvalue weighted by Crippen LogP contribution is 2.32. The van der Waals surface area contributed by atoms with E-state index in [4.69, 9.17) is 4.74 Å². The largest absolute Gasteiger partial charge is 0.457 e. The number of rotatable bonds is 8. The third kappa shape index (κ3) is 5.53. The first-order chi connectivity index (χ1) is 15.9. The Kier molecular flexibility index (Phi) is 6.96. The van der Waals surface area contributed by atoms with Crippen LogP contribution in [0.15, 0.2) is 66.7 Å². The van der Waals surface area contributed by atoms with Crippen LogP contribution in [0.3, 0.4) is 0 Å². The number of halogens is 2. The number of hydrogen-bond donors (Lipinski definition) is 0. The Hall–Kier alpha value is -3.36. The number of carbonyl (C=O) groups excluding carboxylic acids is 1. The molecule has 0 radical (unpaired) electrons. The number of hydrogen-bond acceptors (Lipinski definition) is 5. The molecule has 0 unspecified atom stereocenters. The highest BCUT2D eigenvalue weighted by Gasteiger charge is 2.23. The van der Waals surface area contributed by atoms with Crippen LogP contribution in [-0.4, -0.2) is 43.0 Å². The van der Waals surface area contributed by atoms with Crippen LogP contribution in [0.5, 0.6) is 11.5 Å². The van der Waals surface area contributed by atoms with Gasteiger partial charge in [-0.2, -0.15) is 0 Å². The SMILES string of the molecule is CN(C)CCCN(C(=O)c1cccc(Oc2ccccc2)c1)c1nc2c(F)cc(F)cc2s1. The molecule has 0 atom stereocenters. The van der Waals surface area contributed by atoms with Gasteiger partial charge in [-0.15, -0.1) is 0 Å². The summed E-state index contributed by atoms with van der Waals surface area (Å²) in [5.41, 5.74) is 0.474. The van der Waals surface area contributed by atoms with Gasteiger partial charge in [-0.1, -0.05) is 35.6 Å². The molecule has 0 fully saturated rings. The number of thiazole rings is 1. The summed E-state index contributed by atoms with van der Waals surface area (Å²) in [6.07, 6.45) is 0.686. The third-order valence-electron chi connectivity index (χ3n) is 4.92. The molecule has 0 spiro atoms. The smallest absolute Gasteiger partial charge is 0.260 e. The predicted molar refractivity (Wildman–Crippen MR) is 127 cm³/mol. The molecule has 1 amide bonds. The molecule has 4 aromatic rings. The molecule has 0 aliphatic carbocycles. The lowest BCUT2D eigenvalue weighted by Crippen LogP contribution is -2.33. The lowest BCUT2D eigenvalue weighted by atomic mass is 10.2. The van der Waals surface area contributed by atoms with E-state index in [2.05, 4.69) is 4.98 Å². The average molecular weight is 468 g/mol. The molecular formula is C25H23F2N3O2S. The molecule has 33 heavy (non-hydrogen) atoms. The van der Waals surface area contributed by atoms with Crippen LogP contribution >= 0.6 is 11.3 Å². The van der Waals surface area contributed by atoms with Crippen molar-refractivity contribution in [1.29, 1.82) is 0 Å². The summed E-state index contributed by atoms with van der Waals surface area (Å²) >= 11 is 1.09. The number of anilines is 1. The van der Waals surface area contributed by atoms with Crippen molar-refractivity contribution < 1.29 is 18.3 Å². The molecule has 0 aliphatic heterocycles. The molecule has 170 valence electrons. The summed E-state index contributed by atoms with van der Waals surface area (Å²) in [5.74, 6) is -0.517. The first-order valence-electron chi connectivity index (χ1n) is 10.5. The molecule has 5 nitrogen and oxygen atoms in total. The number of ether oxygens (including phenoxy) is 1. The van der Waals surface area contributed by atoms with Gasteiger partial charge in [-0.3, -0.25) is 9.69 Å². The number of nitrogens with zero attached hydrogens (tertiary/aromatic N) is 3. The van der Waals surface area contributed by atoms with E-state index in [9.17, 15) is 13.6 Å². The number of aromatic nitrogens is 1. The zero-order valence-corrected chi connectivity index (χ0v) is 19.1. The lowest BCUT2D eigenvalue weighted by Gasteiger charge is -2.21. The van der Waals surface area contributed by atoms with Crippen molar-refractivity contribution in [3.8, 4) is 11.5 Å². The molecule has 1 heterocycles. The van der Waals surface area contributed by atoms with E-state index in [1.54, 1.807) is 24.3 Å². The predicted octanol–water partition coefficient (Wildman–Crippen LogP) is 5.97. The standard InChI is InChI=1S/C25H23F2N3O2S/c1-29(2)12-7-13-30(25-28-23-21(27)15-18(26)16-22(23)33-25)24(31)17-8-6-11-20(14-17)32-19-9-4-3-5-10-19/h3-6,8-11,14-16H,7,12-13H2,1-2H3. The average Bonchev–Trinajstić information content (AvgIpc) is 3.21. The Morgan fingerprint density at radius 1 is 0.970 bits per heavy atom. The Morgan fingerprint density at radius 3 is 2.48 bits per heavy atom. The molecule has 0 bridgehead atoms. The van der Waals surface area contributed by atoms with Gasteiger partial charge in [0.2, 0.25) is 0 Å². The Bertz CT molecular complexity index is 1260. The van der Waals surface area contributed by atoms with Crippen molar-refractivity contribution in [2.24, 2.45) is 0 Å². The highest BCUT2D eigenvalue weighted by molar-refractivity contribution is 7.22. The van der Waals surface area contributed by atoms with Crippen molar-refractivity contribution in [3.63, 3.8) is 0 Å². The number of amides is 1. The van der Waals surface area contributed by atoms with E-state index in [1.807, 2.05) is 49.3 Å². The molecule has 0 saturated carbocycles. The van der Waals surface area contributed by atoms with Crippen LogP contribution in [-0.2, 0) is 0 Å². The van der Waals surface area contributed by atoms with Gasteiger partial charge < -0.3 is 9.64 Å². The van der Waals surface area contributed by atoms with Crippen LogP contribution in [0.25, 0.3) is 10.2 Å². The van der Waals surface area contributed by atoms with Gasteiger partial charge in [0, 0.05) is 18.2 Å². The molecule has 0 saturated heterocycles. The van der Waals surface area contributed by atoms with Crippen molar-refractivity contribution in [3.05, 3.63) is 83.9 Å². The molecule has 1 aromatic heterocycles. The van der Waals surface area contributed by atoms with Gasteiger partial charge in [-0.25, -0.2) is 13.8 Å². The van der Waals surface area contributed by atoms with Crippen molar-refractivity contribution in [2.75, 3.05) is 32.1 Å². The Balaban J connectivity index is 1.65. The topological polar surface area (TPSA) is 45.7 Å². The van der Waals surface area contributed by atoms with Crippen molar-refractivity contribution in [2.45, 2.75) is 6.42 Å². The quantitative estimate of drug-likeness (QED) is 0.321. The first kappa shape index (κ1) is 22.8. The van der Waals surface area contributed by atoms with Crippen LogP contribution < -0.4 is 9.64 Å². The van der Waals surface area contributed by atoms with E-state index < -0.39 is 11.6 Å². The van der Waals surface area contributed by atoms with Crippen molar-refractivity contribution >= 4 is 32.6 Å². The van der Waals surface area contributed by atoms with E-state index >= 15 is 0 Å². The van der Waals surface area contributed by atoms with Gasteiger partial charge in [0.25, 0.3) is 5.91 Å². The van der Waals surface area contributed by atoms with Crippen LogP contribution in [0.1, 0.15) is 16.8 Å². The van der Waals surface area contributed by atoms with E-state index in [1.165, 1.54) is 11.0 Å². The fourth-order valence-electron chi connectivity index (χ4n) is 3.36. The molecule has 3 aromatic carbocycles. The van der Waals surface area contributed by atoms with E-state index in [0.29, 0.717) is 39.9 Å². The van der Waals surface area contributed by atoms with Gasteiger partial charge in [-0.05, 0) is 63.5 Å². The normalized spacial score (nSPS) is 11.2. The minimum absolute atomic E-state index is 0.0583. The van der Waals surface area contributed by atoms with Crippen LogP contribution in [0.4, 0.5) is 13.9 Å². The number of para-hydroxylation sites is 1. The number of fused-ring (bicyclic) bond motifs is 1. The number of carbonyl (C=O) groups is 1. The summed E-state index contributed by atoms with van der Waals surface area (Å²) in [6, 6.07) is 18.2. The third-order valence-corrected chi connectivity index (χ3v) is 5.95. The highest BCUT2D eigenvalue weighted by atomic mass is 32.1. The molecule has 0 N–H and O–H groups in total. The molecule has 0 aliphatic rings. The molecule has 8 heteroatoms. The Morgan fingerprint density at radius 2 is 1.73 bits per heavy atom. The summed E-state index contributed by atoms with van der Waals surface area (Å²) in [4.78, 5) is 21.4. The summed E-state index contributed by atoms with van der Waals surface area (Å²) in [5, 5.41) is 0.327. The summed E-state index contributed by atoms with van der Waals surface area (Å²) in [6.45, 7) is 1.14. The van der Waals surface area contributed by atoms with Gasteiger partial charge in [0.15, 0.2) is 10.9 Å². The zero-order chi connectivity index (χ0) is 23.4. The first-order valence-corrected chi connectivity index (χ1v) is 11.3. The maximum atomic E-state index is 14.2. The second kappa shape index (κ2) is 10.1. The maximum absolute atomic E-state index is 14.2. The Labute approximate surface area is 194 Å². The van der Waals surface area contributed by atoms with E-state index in [0.717, 1.165) is 23.9 Å². The lowest BCUT2D eigenvalue weighted by molar-refractivity contribution is 0.0985. The van der Waals surface area contributed by atoms with Gasteiger partial charge >= 0.3 is 0 Å². The second-order valence-corrected chi connectivity index (χ2v) is 8.80. The van der Waals surface area contributed by atoms with Gasteiger partial charge in [0.1, 0.15) is 22.8 Å². The fraction of sp³-hybridized carbons (Fsp3) is 0.200. The summed E-state index contributed by atoms with van der Waals surface area (Å²) in [7, 11) is 3.90. The minimum Gasteiger partial charge on any atom is -0.457 e. The minimum atomic E-state index is -0.744. The van der Waals surface area contributed by atoms with Crippen LogP contribution in [0.2, 0.25) is 0 Å². The van der Waals surface area contributed by atoms with Crippen molar-refractivity contribution in [1.82, 2.24) is 9.88 Å². The summed E-state index contributed by atoms with van der Waals surface area (Å²) < 4.78 is 34.1. The maximum Gasteiger partial charge on any atom is 0.260 e. The zero-order valence-electron chi connectivity index (χ0n) is 18.3. The molecule has 4 rings (SSSR count). The monoisotopic (exact) mass is 467 g/mol. The van der Waals surface area contributed by atoms with Crippen LogP contribution in [0, 0.1) is 11.6 Å². The molecular weight excluding hydrogens is 444 g/mol. The van der Waals surface area contributed by atoms with Gasteiger partial charge in [0.05, 0.1) is 4.70 Å². The second-order valence-electron chi connectivity index (χ2n) is 7.79.